The molecule has 4 N–H and O–H groups in total. The van der Waals surface area contributed by atoms with Gasteiger partial charge in [0.1, 0.15) is 6.04 Å². The van der Waals surface area contributed by atoms with Crippen molar-refractivity contribution < 1.29 is 22.6 Å². The molecule has 1 aromatic rings. The molecule has 0 saturated heterocycles. The Labute approximate surface area is 111 Å². The number of carbonyl (C=O) groups is 1. The predicted octanol–water partition coefficient (Wildman–Crippen LogP) is -0.508. The molecule has 1 rings (SSSR count). The standard InChI is InChI=1S/C11H16N2O5S/c12-10(8-9-4-2-1-3-5-9)11(14)18-13-6-7-19(15,16)17/h1-5,10,13H,6-8,12H2,(H,15,16,17)/t10-/m0/s1. The van der Waals surface area contributed by atoms with E-state index in [1.807, 2.05) is 30.3 Å². The number of hydrogen-bond donors (Lipinski definition) is 3. The van der Waals surface area contributed by atoms with Crippen LogP contribution in [0.1, 0.15) is 5.56 Å². The third-order valence-corrected chi connectivity index (χ3v) is 2.96. The summed E-state index contributed by atoms with van der Waals surface area (Å²) in [6, 6.07) is 8.33. The van der Waals surface area contributed by atoms with E-state index in [2.05, 4.69) is 10.3 Å². The van der Waals surface area contributed by atoms with E-state index in [0.29, 0.717) is 6.42 Å². The van der Waals surface area contributed by atoms with Crippen LogP contribution in [-0.4, -0.2) is 37.3 Å². The first-order valence-electron chi connectivity index (χ1n) is 5.57. The average molecular weight is 288 g/mol. The molecule has 0 aliphatic rings. The van der Waals surface area contributed by atoms with Crippen molar-refractivity contribution in [2.45, 2.75) is 12.5 Å². The van der Waals surface area contributed by atoms with Crippen LogP contribution < -0.4 is 11.2 Å². The molecule has 0 radical (unpaired) electrons. The van der Waals surface area contributed by atoms with Crippen molar-refractivity contribution in [2.24, 2.45) is 5.73 Å². The molecule has 0 bridgehead atoms. The maximum absolute atomic E-state index is 11.5. The van der Waals surface area contributed by atoms with Gasteiger partial charge in [-0.15, -0.1) is 0 Å². The van der Waals surface area contributed by atoms with E-state index in [0.717, 1.165) is 5.56 Å². The Balaban J connectivity index is 2.29. The normalized spacial score (nSPS) is 12.9. The quantitative estimate of drug-likeness (QED) is 0.351. The van der Waals surface area contributed by atoms with Crippen LogP contribution >= 0.6 is 0 Å². The molecule has 0 aliphatic heterocycles. The van der Waals surface area contributed by atoms with Crippen LogP contribution in [0.4, 0.5) is 0 Å². The van der Waals surface area contributed by atoms with Crippen LogP contribution in [0, 0.1) is 0 Å². The van der Waals surface area contributed by atoms with Crippen LogP contribution in [0.15, 0.2) is 30.3 Å². The van der Waals surface area contributed by atoms with Gasteiger partial charge in [-0.1, -0.05) is 30.3 Å². The fourth-order valence-electron chi connectivity index (χ4n) is 1.32. The number of benzene rings is 1. The molecule has 7 nitrogen and oxygen atoms in total. The van der Waals surface area contributed by atoms with Crippen molar-refractivity contribution in [3.63, 3.8) is 0 Å². The van der Waals surface area contributed by atoms with Gasteiger partial charge in [0.05, 0.1) is 5.75 Å². The van der Waals surface area contributed by atoms with Crippen molar-refractivity contribution in [1.29, 1.82) is 0 Å². The molecule has 0 fully saturated rings. The van der Waals surface area contributed by atoms with E-state index in [1.165, 1.54) is 0 Å². The van der Waals surface area contributed by atoms with Gasteiger partial charge in [-0.25, -0.2) is 4.79 Å². The molecule has 1 aromatic carbocycles. The summed E-state index contributed by atoms with van der Waals surface area (Å²) in [5.74, 6) is -1.24. The minimum absolute atomic E-state index is 0.206. The number of nitrogens with one attached hydrogen (secondary N) is 1. The molecule has 0 unspecified atom stereocenters. The summed E-state index contributed by atoms with van der Waals surface area (Å²) in [4.78, 5) is 16.0. The van der Waals surface area contributed by atoms with Crippen molar-refractivity contribution >= 4 is 16.1 Å². The molecule has 106 valence electrons. The lowest BCUT2D eigenvalue weighted by molar-refractivity contribution is -0.152. The molecule has 19 heavy (non-hydrogen) atoms. The summed E-state index contributed by atoms with van der Waals surface area (Å²) in [5.41, 5.74) is 8.67. The van der Waals surface area contributed by atoms with Gasteiger partial charge in [-0.3, -0.25) is 4.55 Å². The summed E-state index contributed by atoms with van der Waals surface area (Å²) >= 11 is 0. The zero-order valence-electron chi connectivity index (χ0n) is 10.2. The Morgan fingerprint density at radius 2 is 2.00 bits per heavy atom. The molecule has 0 aliphatic carbocycles. The number of hydrogen-bond acceptors (Lipinski definition) is 6. The maximum Gasteiger partial charge on any atom is 0.341 e. The number of hydroxylamine groups is 1. The van der Waals surface area contributed by atoms with Crippen LogP contribution in [0.3, 0.4) is 0 Å². The van der Waals surface area contributed by atoms with Crippen LogP contribution in [0.2, 0.25) is 0 Å². The third-order valence-electron chi connectivity index (χ3n) is 2.24. The Kier molecular flexibility index (Phi) is 5.90. The van der Waals surface area contributed by atoms with Gasteiger partial charge in [-0.05, 0) is 12.0 Å². The van der Waals surface area contributed by atoms with Crippen LogP contribution in [0.5, 0.6) is 0 Å². The molecule has 0 saturated carbocycles. The number of nitrogens with two attached hydrogens (primary N) is 1. The second-order valence-corrected chi connectivity index (χ2v) is 5.47. The van der Waals surface area contributed by atoms with Gasteiger partial charge in [0, 0.05) is 6.54 Å². The highest BCUT2D eigenvalue weighted by atomic mass is 32.2. The van der Waals surface area contributed by atoms with Gasteiger partial charge in [0.15, 0.2) is 0 Å². The van der Waals surface area contributed by atoms with E-state index in [9.17, 15) is 13.2 Å². The molecule has 8 heteroatoms. The summed E-state index contributed by atoms with van der Waals surface area (Å²) in [6.07, 6.45) is 0.319. The topological polar surface area (TPSA) is 119 Å². The van der Waals surface area contributed by atoms with Gasteiger partial charge in [0.25, 0.3) is 10.1 Å². The van der Waals surface area contributed by atoms with Gasteiger partial charge in [0.2, 0.25) is 0 Å². The van der Waals surface area contributed by atoms with Crippen molar-refractivity contribution in [2.75, 3.05) is 12.3 Å². The average Bonchev–Trinajstić information content (AvgIpc) is 2.34. The predicted molar refractivity (Wildman–Crippen MR) is 68.6 cm³/mol. The largest absolute Gasteiger partial charge is 0.369 e. The molecule has 0 amide bonds. The Morgan fingerprint density at radius 3 is 2.58 bits per heavy atom. The Bertz CT molecular complexity index is 503. The molecule has 0 aromatic heterocycles. The first-order chi connectivity index (χ1) is 8.88. The second-order valence-electron chi connectivity index (χ2n) is 3.90. The minimum atomic E-state index is -4.08. The highest BCUT2D eigenvalue weighted by Gasteiger charge is 2.16. The van der Waals surface area contributed by atoms with Crippen LogP contribution in [0.25, 0.3) is 0 Å². The molecule has 0 spiro atoms. The smallest absolute Gasteiger partial charge is 0.341 e. The fourth-order valence-corrected chi connectivity index (χ4v) is 1.66. The van der Waals surface area contributed by atoms with Crippen LogP contribution in [-0.2, 0) is 26.2 Å². The van der Waals surface area contributed by atoms with E-state index in [4.69, 9.17) is 10.3 Å². The van der Waals surface area contributed by atoms with E-state index >= 15 is 0 Å². The SMILES string of the molecule is N[C@@H](Cc1ccccc1)C(=O)ONCCS(=O)(=O)O. The Hall–Kier alpha value is -1.48. The monoisotopic (exact) mass is 288 g/mol. The minimum Gasteiger partial charge on any atom is -0.369 e. The summed E-state index contributed by atoms with van der Waals surface area (Å²) in [7, 11) is -4.08. The molecule has 1 atom stereocenters. The molecular formula is C11H16N2O5S. The fraction of sp³-hybridized carbons (Fsp3) is 0.364. The van der Waals surface area contributed by atoms with Gasteiger partial charge >= 0.3 is 5.97 Å². The molecular weight excluding hydrogens is 272 g/mol. The zero-order chi connectivity index (χ0) is 14.3. The summed E-state index contributed by atoms with van der Waals surface area (Å²) in [5, 5.41) is 0. The van der Waals surface area contributed by atoms with E-state index < -0.39 is 27.9 Å². The van der Waals surface area contributed by atoms with Crippen molar-refractivity contribution in [3.05, 3.63) is 35.9 Å². The lowest BCUT2D eigenvalue weighted by Gasteiger charge is -2.11. The summed E-state index contributed by atoms with van der Waals surface area (Å²) < 4.78 is 29.3. The van der Waals surface area contributed by atoms with Gasteiger partial charge in [-0.2, -0.15) is 13.9 Å². The van der Waals surface area contributed by atoms with E-state index in [-0.39, 0.29) is 6.54 Å². The zero-order valence-corrected chi connectivity index (χ0v) is 11.0. The highest BCUT2D eigenvalue weighted by Crippen LogP contribution is 2.02. The van der Waals surface area contributed by atoms with E-state index in [1.54, 1.807) is 0 Å². The van der Waals surface area contributed by atoms with Gasteiger partial charge < -0.3 is 10.6 Å². The first-order valence-corrected chi connectivity index (χ1v) is 7.17. The Morgan fingerprint density at radius 1 is 1.37 bits per heavy atom. The summed E-state index contributed by atoms with van der Waals surface area (Å²) in [6.45, 7) is -0.206. The van der Waals surface area contributed by atoms with Crippen molar-refractivity contribution in [3.8, 4) is 0 Å². The first kappa shape index (κ1) is 15.6. The lowest BCUT2D eigenvalue weighted by Crippen LogP contribution is -2.38. The number of carbonyl (C=O) groups excluding carboxylic acids is 1. The highest BCUT2D eigenvalue weighted by molar-refractivity contribution is 7.85. The maximum atomic E-state index is 11.5. The van der Waals surface area contributed by atoms with Crippen molar-refractivity contribution in [1.82, 2.24) is 5.48 Å². The second kappa shape index (κ2) is 7.19. The number of rotatable bonds is 7. The molecule has 0 heterocycles. The third kappa shape index (κ3) is 6.87. The lowest BCUT2D eigenvalue weighted by atomic mass is 10.1.